The summed E-state index contributed by atoms with van der Waals surface area (Å²) in [4.78, 5) is 9.86. The minimum Gasteiger partial charge on any atom is -0.305 e. The number of sulfonamides is 1. The van der Waals surface area contributed by atoms with E-state index in [-0.39, 0.29) is 10.9 Å². The van der Waals surface area contributed by atoms with Crippen LogP contribution in [0.1, 0.15) is 30.1 Å². The van der Waals surface area contributed by atoms with Crippen LogP contribution in [0.2, 0.25) is 10.0 Å². The number of imidazole rings is 1. The largest absolute Gasteiger partial charge is 0.305 e. The highest BCUT2D eigenvalue weighted by atomic mass is 35.5. The Bertz CT molecular complexity index is 1490. The quantitative estimate of drug-likeness (QED) is 0.332. The lowest BCUT2D eigenvalue weighted by atomic mass is 10.1. The van der Waals surface area contributed by atoms with E-state index in [1.807, 2.05) is 50.2 Å². The SMILES string of the molecule is Cc1ccc2nc(-c3ccccc3Cl)n(C3CCN(S(=O)(=O)c4ccc(C)c(Cl)c4)CC3)c2n1. The van der Waals surface area contributed by atoms with Crippen molar-refractivity contribution in [2.45, 2.75) is 37.6 Å². The number of aryl methyl sites for hydroxylation is 2. The second kappa shape index (κ2) is 8.96. The molecule has 4 aromatic rings. The van der Waals surface area contributed by atoms with E-state index in [4.69, 9.17) is 33.2 Å². The molecule has 5 rings (SSSR count). The van der Waals surface area contributed by atoms with E-state index in [9.17, 15) is 8.42 Å². The van der Waals surface area contributed by atoms with Crippen LogP contribution in [-0.4, -0.2) is 40.3 Å². The molecule has 1 aliphatic heterocycles. The van der Waals surface area contributed by atoms with Gasteiger partial charge in [0.2, 0.25) is 10.0 Å². The van der Waals surface area contributed by atoms with Gasteiger partial charge in [-0.3, -0.25) is 0 Å². The van der Waals surface area contributed by atoms with E-state index in [1.54, 1.807) is 12.1 Å². The van der Waals surface area contributed by atoms with E-state index >= 15 is 0 Å². The summed E-state index contributed by atoms with van der Waals surface area (Å²) in [6, 6.07) is 16.5. The lowest BCUT2D eigenvalue weighted by molar-refractivity contribution is 0.278. The highest BCUT2D eigenvalue weighted by Crippen LogP contribution is 2.36. The second-order valence-electron chi connectivity index (χ2n) is 8.63. The van der Waals surface area contributed by atoms with Crippen molar-refractivity contribution in [3.8, 4) is 11.4 Å². The molecule has 0 N–H and O–H groups in total. The Labute approximate surface area is 209 Å². The lowest BCUT2D eigenvalue weighted by Gasteiger charge is -2.32. The Balaban J connectivity index is 1.49. The zero-order valence-corrected chi connectivity index (χ0v) is 21.2. The number of piperidine rings is 1. The van der Waals surface area contributed by atoms with Gasteiger partial charge in [0.25, 0.3) is 0 Å². The van der Waals surface area contributed by atoms with E-state index in [2.05, 4.69) is 4.57 Å². The van der Waals surface area contributed by atoms with Crippen molar-refractivity contribution in [3.63, 3.8) is 0 Å². The van der Waals surface area contributed by atoms with E-state index < -0.39 is 10.0 Å². The van der Waals surface area contributed by atoms with Gasteiger partial charge < -0.3 is 4.57 Å². The van der Waals surface area contributed by atoms with Gasteiger partial charge in [-0.25, -0.2) is 18.4 Å². The lowest BCUT2D eigenvalue weighted by Crippen LogP contribution is -2.39. The molecule has 1 saturated heterocycles. The molecule has 2 aromatic heterocycles. The number of rotatable bonds is 4. The summed E-state index contributed by atoms with van der Waals surface area (Å²) in [7, 11) is -3.62. The average molecular weight is 515 g/mol. The number of hydrogen-bond donors (Lipinski definition) is 0. The van der Waals surface area contributed by atoms with Crippen LogP contribution in [0.3, 0.4) is 0 Å². The number of fused-ring (bicyclic) bond motifs is 1. The molecule has 0 unspecified atom stereocenters. The predicted molar refractivity (Wildman–Crippen MR) is 136 cm³/mol. The maximum atomic E-state index is 13.3. The third-order valence-corrected chi connectivity index (χ3v) is 8.99. The van der Waals surface area contributed by atoms with Gasteiger partial charge in [0.05, 0.1) is 9.92 Å². The minimum absolute atomic E-state index is 0.0404. The number of hydrogen-bond acceptors (Lipinski definition) is 4. The number of halogens is 2. The Morgan fingerprint density at radius 1 is 0.912 bits per heavy atom. The van der Waals surface area contributed by atoms with Crippen molar-refractivity contribution in [2.24, 2.45) is 0 Å². The van der Waals surface area contributed by atoms with Crippen LogP contribution < -0.4 is 0 Å². The predicted octanol–water partition coefficient (Wildman–Crippen LogP) is 6.05. The van der Waals surface area contributed by atoms with Crippen molar-refractivity contribution in [3.05, 3.63) is 75.9 Å². The van der Waals surface area contributed by atoms with E-state index in [1.165, 1.54) is 10.4 Å². The Morgan fingerprint density at radius 3 is 2.35 bits per heavy atom. The van der Waals surface area contributed by atoms with Crippen LogP contribution in [-0.2, 0) is 10.0 Å². The van der Waals surface area contributed by atoms with Crippen molar-refractivity contribution >= 4 is 44.4 Å². The molecule has 0 radical (unpaired) electrons. The summed E-state index contributed by atoms with van der Waals surface area (Å²) in [5, 5.41) is 1.07. The van der Waals surface area contributed by atoms with Crippen molar-refractivity contribution in [2.75, 3.05) is 13.1 Å². The zero-order chi connectivity index (χ0) is 24.0. The standard InChI is InChI=1S/C25H24Cl2N4O2S/c1-16-7-9-19(15-22(16)27)34(32,33)30-13-11-18(12-14-30)31-24(20-5-3-4-6-21(20)26)29-23-10-8-17(2)28-25(23)31/h3-10,15,18H,11-14H2,1-2H3. The Morgan fingerprint density at radius 2 is 1.65 bits per heavy atom. The third-order valence-electron chi connectivity index (χ3n) is 6.36. The Hall–Kier alpha value is -2.45. The van der Waals surface area contributed by atoms with Crippen LogP contribution in [0.5, 0.6) is 0 Å². The van der Waals surface area contributed by atoms with Crippen molar-refractivity contribution < 1.29 is 8.42 Å². The number of nitrogens with zero attached hydrogens (tertiary/aromatic N) is 4. The molecule has 3 heterocycles. The topological polar surface area (TPSA) is 68.1 Å². The summed E-state index contributed by atoms with van der Waals surface area (Å²) in [5.74, 6) is 0.755. The minimum atomic E-state index is -3.62. The molecule has 0 saturated carbocycles. The fourth-order valence-corrected chi connectivity index (χ4v) is 6.43. The highest BCUT2D eigenvalue weighted by Gasteiger charge is 2.32. The number of benzene rings is 2. The van der Waals surface area contributed by atoms with Gasteiger partial charge in [0.15, 0.2) is 5.65 Å². The molecule has 2 aromatic carbocycles. The van der Waals surface area contributed by atoms with Crippen LogP contribution in [0.4, 0.5) is 0 Å². The monoisotopic (exact) mass is 514 g/mol. The molecule has 0 atom stereocenters. The molecule has 34 heavy (non-hydrogen) atoms. The first kappa shape index (κ1) is 23.3. The maximum Gasteiger partial charge on any atom is 0.243 e. The summed E-state index contributed by atoms with van der Waals surface area (Å²) in [5.41, 5.74) is 4.17. The van der Waals surface area contributed by atoms with Gasteiger partial charge in [0.1, 0.15) is 11.3 Å². The molecule has 0 bridgehead atoms. The smallest absolute Gasteiger partial charge is 0.243 e. The number of aromatic nitrogens is 3. The molecular formula is C25H24Cl2N4O2S. The van der Waals surface area contributed by atoms with Crippen LogP contribution in [0, 0.1) is 13.8 Å². The average Bonchev–Trinajstić information content (AvgIpc) is 3.19. The third kappa shape index (κ3) is 4.11. The zero-order valence-electron chi connectivity index (χ0n) is 18.9. The fourth-order valence-electron chi connectivity index (χ4n) is 4.47. The molecular weight excluding hydrogens is 491 g/mol. The normalized spacial score (nSPS) is 15.8. The molecule has 0 spiro atoms. The second-order valence-corrected chi connectivity index (χ2v) is 11.4. The molecule has 9 heteroatoms. The van der Waals surface area contributed by atoms with Gasteiger partial charge >= 0.3 is 0 Å². The first-order valence-corrected chi connectivity index (χ1v) is 13.3. The van der Waals surface area contributed by atoms with Crippen molar-refractivity contribution in [1.82, 2.24) is 18.8 Å². The Kier molecular flexibility index (Phi) is 6.14. The van der Waals surface area contributed by atoms with Gasteiger partial charge in [-0.1, -0.05) is 41.4 Å². The van der Waals surface area contributed by atoms with Crippen LogP contribution in [0.15, 0.2) is 59.5 Å². The summed E-state index contributed by atoms with van der Waals surface area (Å²) in [6.45, 7) is 4.59. The molecule has 0 amide bonds. The van der Waals surface area contributed by atoms with Gasteiger partial charge in [-0.05, 0) is 68.7 Å². The molecule has 6 nitrogen and oxygen atoms in total. The van der Waals surface area contributed by atoms with Crippen molar-refractivity contribution in [1.29, 1.82) is 0 Å². The molecule has 0 aliphatic carbocycles. The first-order valence-electron chi connectivity index (χ1n) is 11.1. The summed E-state index contributed by atoms with van der Waals surface area (Å²) >= 11 is 12.7. The van der Waals surface area contributed by atoms with Gasteiger partial charge in [0, 0.05) is 35.4 Å². The summed E-state index contributed by atoms with van der Waals surface area (Å²) < 4.78 is 30.2. The molecule has 176 valence electrons. The van der Waals surface area contributed by atoms with Gasteiger partial charge in [-0.2, -0.15) is 4.31 Å². The first-order chi connectivity index (χ1) is 16.3. The summed E-state index contributed by atoms with van der Waals surface area (Å²) in [6.07, 6.45) is 1.27. The van der Waals surface area contributed by atoms with Crippen LogP contribution in [0.25, 0.3) is 22.6 Å². The van der Waals surface area contributed by atoms with Crippen LogP contribution >= 0.6 is 23.2 Å². The fraction of sp³-hybridized carbons (Fsp3) is 0.280. The van der Waals surface area contributed by atoms with Gasteiger partial charge in [-0.15, -0.1) is 0 Å². The molecule has 1 fully saturated rings. The maximum absolute atomic E-state index is 13.3. The van der Waals surface area contributed by atoms with E-state index in [0.717, 1.165) is 33.8 Å². The highest BCUT2D eigenvalue weighted by molar-refractivity contribution is 7.89. The molecule has 1 aliphatic rings. The number of pyridine rings is 1. The van der Waals surface area contributed by atoms with E-state index in [0.29, 0.717) is 36.0 Å².